The van der Waals surface area contributed by atoms with Gasteiger partial charge < -0.3 is 10.6 Å². The van der Waals surface area contributed by atoms with Crippen LogP contribution in [0, 0.1) is 0 Å². The minimum Gasteiger partial charge on any atom is -0.300 e. The van der Waals surface area contributed by atoms with Crippen molar-refractivity contribution in [1.29, 1.82) is 0 Å². The predicted molar refractivity (Wildman–Crippen MR) is 171 cm³/mol. The van der Waals surface area contributed by atoms with Crippen molar-refractivity contribution in [3.8, 4) is 0 Å². The molecule has 0 bridgehead atoms. The highest BCUT2D eigenvalue weighted by Crippen LogP contribution is 2.22. The van der Waals surface area contributed by atoms with Crippen molar-refractivity contribution in [1.82, 2.24) is 20.4 Å². The fraction of sp³-hybridized carbons (Fsp3) is 0.188. The minimum atomic E-state index is -0.174. The zero-order valence-corrected chi connectivity index (χ0v) is 24.6. The molecule has 0 fully saturated rings. The maximum absolute atomic E-state index is 12.6. The Morgan fingerprint density at radius 3 is 2.07 bits per heavy atom. The number of nitrogens with one attached hydrogen (secondary N) is 2. The van der Waals surface area contributed by atoms with Crippen LogP contribution in [-0.4, -0.2) is 32.2 Å². The molecule has 10 heteroatoms. The lowest BCUT2D eigenvalue weighted by Gasteiger charge is -2.06. The normalized spacial score (nSPS) is 11.7. The summed E-state index contributed by atoms with van der Waals surface area (Å²) in [6, 6.07) is 21.7. The summed E-state index contributed by atoms with van der Waals surface area (Å²) in [6.07, 6.45) is 5.43. The van der Waals surface area contributed by atoms with Gasteiger partial charge in [0.1, 0.15) is 10.0 Å². The first-order valence-corrected chi connectivity index (χ1v) is 15.2. The first-order chi connectivity index (χ1) is 20.5. The van der Waals surface area contributed by atoms with E-state index in [1.54, 1.807) is 6.08 Å². The summed E-state index contributed by atoms with van der Waals surface area (Å²) in [5.74, 6) is -0.286. The molecule has 0 saturated carbocycles. The Balaban J connectivity index is 1.05. The van der Waals surface area contributed by atoms with Gasteiger partial charge in [0.15, 0.2) is 0 Å². The average Bonchev–Trinajstić information content (AvgIpc) is 3.63. The molecule has 0 spiro atoms. The lowest BCUT2D eigenvalue weighted by atomic mass is 10.0. The van der Waals surface area contributed by atoms with Crippen LogP contribution >= 0.6 is 22.7 Å². The van der Waals surface area contributed by atoms with Gasteiger partial charge in [0, 0.05) is 12.8 Å². The Bertz CT molecular complexity index is 1840. The minimum absolute atomic E-state index is 0.112. The molecule has 42 heavy (non-hydrogen) atoms. The first-order valence-electron chi connectivity index (χ1n) is 13.6. The second-order valence-corrected chi connectivity index (χ2v) is 11.8. The van der Waals surface area contributed by atoms with Crippen LogP contribution < -0.4 is 21.1 Å². The van der Waals surface area contributed by atoms with E-state index in [4.69, 9.17) is 0 Å². The molecule has 0 aliphatic rings. The highest BCUT2D eigenvalue weighted by Gasteiger charge is 2.12. The Labute approximate surface area is 251 Å². The van der Waals surface area contributed by atoms with Crippen molar-refractivity contribution in [3.05, 3.63) is 105 Å². The molecule has 0 unspecified atom stereocenters. The molecular weight excluding hydrogens is 565 g/mol. The van der Waals surface area contributed by atoms with Crippen molar-refractivity contribution in [2.75, 3.05) is 10.6 Å². The molecule has 0 atom stereocenters. The van der Waals surface area contributed by atoms with Crippen molar-refractivity contribution in [2.24, 2.45) is 0 Å². The predicted octanol–water partition coefficient (Wildman–Crippen LogP) is 5.07. The van der Waals surface area contributed by atoms with Gasteiger partial charge in [-0.3, -0.25) is 9.59 Å². The van der Waals surface area contributed by atoms with E-state index in [0.717, 1.165) is 68.0 Å². The Hall–Kier alpha value is -4.54. The van der Waals surface area contributed by atoms with Gasteiger partial charge in [0.25, 0.3) is 0 Å². The van der Waals surface area contributed by atoms with Crippen molar-refractivity contribution in [3.63, 3.8) is 0 Å². The number of carbonyl (C=O) groups excluding carboxylic acids is 2. The van der Waals surface area contributed by atoms with E-state index in [2.05, 4.69) is 44.2 Å². The van der Waals surface area contributed by atoms with Crippen molar-refractivity contribution in [2.45, 2.75) is 38.5 Å². The number of aromatic nitrogens is 4. The highest BCUT2D eigenvalue weighted by molar-refractivity contribution is 7.15. The standard InChI is InChI=1S/C32H30N6O2S2/c1-3-22(25-15-6-4-11-21(25)2)19-27(39)33-31-37-35-29(41-31)17-8-9-18-30-36-38-32(42-30)34-28(40)20-24-14-10-13-23-12-5-7-16-26(23)24/h3-7,10-16H,1-2,8-9,17-20H2,(H,33,37,39)(H,34,38,40). The number of unbranched alkanes of at least 4 members (excludes halogenated alkanes) is 1. The molecule has 8 nitrogen and oxygen atoms in total. The number of anilines is 2. The summed E-state index contributed by atoms with van der Waals surface area (Å²) in [5.41, 5.74) is 1.79. The lowest BCUT2D eigenvalue weighted by molar-refractivity contribution is -0.116. The molecular formula is C32H30N6O2S2. The topological polar surface area (TPSA) is 110 Å². The Morgan fingerprint density at radius 2 is 1.38 bits per heavy atom. The number of fused-ring (bicyclic) bond motifs is 1. The number of hydrogen-bond donors (Lipinski definition) is 2. The second kappa shape index (κ2) is 13.9. The zero-order valence-electron chi connectivity index (χ0n) is 23.0. The molecule has 5 aromatic rings. The van der Waals surface area contributed by atoms with Crippen LogP contribution in [0.15, 0.2) is 79.4 Å². The number of hydrogen-bond acceptors (Lipinski definition) is 8. The van der Waals surface area contributed by atoms with Crippen LogP contribution in [-0.2, 0) is 28.9 Å². The number of benzene rings is 3. The Morgan fingerprint density at radius 1 is 0.762 bits per heavy atom. The molecule has 0 saturated heterocycles. The average molecular weight is 595 g/mol. The third-order valence-corrected chi connectivity index (χ3v) is 8.45. The lowest BCUT2D eigenvalue weighted by Crippen LogP contribution is -2.26. The second-order valence-electron chi connectivity index (χ2n) is 9.68. The SMILES string of the molecule is C=CC(CC(=O)Nc1nnc(CCCCc2nnc(NC(=O)Cc3cccc4ccccc34)s2)s1)=c1ccccc1=C. The number of aryl methyl sites for hydroxylation is 2. The van der Waals surface area contributed by atoms with Gasteiger partial charge >= 0.3 is 0 Å². The smallest absolute Gasteiger partial charge is 0.230 e. The fourth-order valence-corrected chi connectivity index (χ4v) is 6.19. The van der Waals surface area contributed by atoms with E-state index >= 15 is 0 Å². The van der Waals surface area contributed by atoms with Gasteiger partial charge in [-0.1, -0.05) is 109 Å². The maximum Gasteiger partial charge on any atom is 0.230 e. The summed E-state index contributed by atoms with van der Waals surface area (Å²) in [5, 5.41) is 29.1. The van der Waals surface area contributed by atoms with E-state index < -0.39 is 0 Å². The number of rotatable bonds is 12. The number of amides is 2. The van der Waals surface area contributed by atoms with Crippen LogP contribution in [0.1, 0.15) is 34.8 Å². The summed E-state index contributed by atoms with van der Waals surface area (Å²) < 4.78 is 0. The first kappa shape index (κ1) is 29.0. The van der Waals surface area contributed by atoms with Crippen LogP contribution in [0.2, 0.25) is 0 Å². The van der Waals surface area contributed by atoms with Gasteiger partial charge in [-0.2, -0.15) is 0 Å². The summed E-state index contributed by atoms with van der Waals surface area (Å²) in [7, 11) is 0. The third kappa shape index (κ3) is 7.59. The molecule has 0 aliphatic heterocycles. The molecule has 5 rings (SSSR count). The molecule has 3 aromatic carbocycles. The molecule has 2 N–H and O–H groups in total. The van der Waals surface area contributed by atoms with Crippen LogP contribution in [0.3, 0.4) is 0 Å². The van der Waals surface area contributed by atoms with Gasteiger partial charge in [-0.15, -0.1) is 20.4 Å². The third-order valence-electron chi connectivity index (χ3n) is 6.65. The van der Waals surface area contributed by atoms with Gasteiger partial charge in [0.05, 0.1) is 12.8 Å². The molecule has 0 aliphatic carbocycles. The summed E-state index contributed by atoms with van der Waals surface area (Å²) in [6.45, 7) is 7.88. The van der Waals surface area contributed by atoms with Gasteiger partial charge in [-0.25, -0.2) is 0 Å². The van der Waals surface area contributed by atoms with Gasteiger partial charge in [0.2, 0.25) is 22.1 Å². The van der Waals surface area contributed by atoms with Crippen LogP contribution in [0.4, 0.5) is 10.3 Å². The van der Waals surface area contributed by atoms with Crippen LogP contribution in [0.5, 0.6) is 0 Å². The fourth-order valence-electron chi connectivity index (χ4n) is 4.59. The summed E-state index contributed by atoms with van der Waals surface area (Å²) >= 11 is 2.78. The van der Waals surface area contributed by atoms with E-state index in [-0.39, 0.29) is 24.7 Å². The van der Waals surface area contributed by atoms with E-state index in [1.807, 2.05) is 66.7 Å². The number of nitrogens with zero attached hydrogens (tertiary/aromatic N) is 4. The molecule has 2 aromatic heterocycles. The van der Waals surface area contributed by atoms with E-state index in [0.29, 0.717) is 10.3 Å². The highest BCUT2D eigenvalue weighted by atomic mass is 32.1. The Kier molecular flexibility index (Phi) is 9.58. The largest absolute Gasteiger partial charge is 0.300 e. The zero-order chi connectivity index (χ0) is 29.3. The number of allylic oxidation sites excluding steroid dienone is 1. The maximum atomic E-state index is 12.6. The van der Waals surface area contributed by atoms with E-state index in [1.165, 1.54) is 22.7 Å². The van der Waals surface area contributed by atoms with Crippen LogP contribution in [0.25, 0.3) is 22.9 Å². The molecule has 0 radical (unpaired) electrons. The number of carbonyl (C=O) groups is 2. The summed E-state index contributed by atoms with van der Waals surface area (Å²) in [4.78, 5) is 25.3. The molecule has 2 heterocycles. The monoisotopic (exact) mass is 594 g/mol. The molecule has 2 amide bonds. The van der Waals surface area contributed by atoms with Crippen molar-refractivity contribution >= 4 is 67.7 Å². The van der Waals surface area contributed by atoms with Gasteiger partial charge in [-0.05, 0) is 45.2 Å². The van der Waals surface area contributed by atoms with Crippen molar-refractivity contribution < 1.29 is 9.59 Å². The van der Waals surface area contributed by atoms with E-state index in [9.17, 15) is 9.59 Å². The molecule has 212 valence electrons. The quantitative estimate of drug-likeness (QED) is 0.195.